The molecule has 0 fully saturated rings. The van der Waals surface area contributed by atoms with Crippen LogP contribution in [-0.4, -0.2) is 75.2 Å². The van der Waals surface area contributed by atoms with Crippen molar-refractivity contribution in [2.24, 2.45) is 20.5 Å². The van der Waals surface area contributed by atoms with Crippen LogP contribution >= 0.6 is 0 Å². The fourth-order valence-electron chi connectivity index (χ4n) is 6.26. The van der Waals surface area contributed by atoms with Gasteiger partial charge in [0, 0.05) is 22.1 Å². The molecule has 0 spiro atoms. The fraction of sp³-hybridized carbons (Fsp3) is 0.0263. The van der Waals surface area contributed by atoms with Crippen LogP contribution in [0.1, 0.15) is 0 Å². The molecule has 2 amide bonds. The Kier molecular flexibility index (Phi) is 19.9. The molecule has 0 bridgehead atoms. The zero-order chi connectivity index (χ0) is 46.5. The van der Waals surface area contributed by atoms with Gasteiger partial charge in [0.25, 0.3) is 0 Å². The van der Waals surface area contributed by atoms with Gasteiger partial charge >= 0.3 is 124 Å². The Balaban J connectivity index is 0.00000306. The Hall–Kier alpha value is -3.17. The third-order valence-corrected chi connectivity index (χ3v) is 12.6. The molecule has 7 rings (SSSR count). The first-order valence-electron chi connectivity index (χ1n) is 17.5. The topological polar surface area (TPSA) is 369 Å². The van der Waals surface area contributed by atoms with E-state index in [1.165, 1.54) is 60.7 Å². The minimum atomic E-state index is -5.36. The first-order valence-corrected chi connectivity index (χ1v) is 23.1. The molecule has 68 heavy (non-hydrogen) atoms. The van der Waals surface area contributed by atoms with E-state index in [2.05, 4.69) is 31.1 Å². The smallest absolute Gasteiger partial charge is 0.744 e. The molecule has 30 heteroatoms. The Bertz CT molecular complexity index is 3680. The maximum atomic E-state index is 13.1. The first-order chi connectivity index (χ1) is 29.9. The number of azo groups is 2. The number of nitrogens with one attached hydrogen (secondary N) is 2. The van der Waals surface area contributed by atoms with E-state index < -0.39 is 89.0 Å². The maximum Gasteiger partial charge on any atom is 1.00 e. The minimum Gasteiger partial charge on any atom is -0.744 e. The predicted molar refractivity (Wildman–Crippen MR) is 221 cm³/mol. The Morgan fingerprint density at radius 2 is 0.941 bits per heavy atom. The molecule has 0 aliphatic rings. The number of phenolic OH excluding ortho intramolecular Hbond substituents is 2. The summed E-state index contributed by atoms with van der Waals surface area (Å²) in [5.74, 6) is -1.84. The van der Waals surface area contributed by atoms with Crippen molar-refractivity contribution < 1.29 is 190 Å². The Labute approximate surface area is 474 Å². The number of nitrogens with zero attached hydrogens (tertiary/aromatic N) is 4. The molecule has 0 aliphatic carbocycles. The summed E-state index contributed by atoms with van der Waals surface area (Å²) in [7, 11) is -19.2. The molecular formula is C38H24N6Na4O16S4. The molecule has 4 N–H and O–H groups in total. The summed E-state index contributed by atoms with van der Waals surface area (Å²) in [6.07, 6.45) is 0. The molecule has 7 aromatic carbocycles. The number of anilines is 2. The van der Waals surface area contributed by atoms with E-state index in [0.29, 0.717) is 10.8 Å². The summed E-state index contributed by atoms with van der Waals surface area (Å²) in [5, 5.41) is 42.9. The minimum absolute atomic E-state index is 0. The second-order valence-electron chi connectivity index (χ2n) is 13.3. The molecule has 0 heterocycles. The average Bonchev–Trinajstić information content (AvgIpc) is 3.21. The number of benzene rings is 7. The third kappa shape index (κ3) is 13.4. The number of carbonyl (C=O) groups is 1. The van der Waals surface area contributed by atoms with Crippen LogP contribution < -0.4 is 134 Å². The second kappa shape index (κ2) is 22.9. The van der Waals surface area contributed by atoms with Crippen molar-refractivity contribution in [2.75, 3.05) is 17.7 Å². The van der Waals surface area contributed by atoms with Crippen LogP contribution in [0, 0.1) is 0 Å². The molecule has 0 unspecified atom stereocenters. The van der Waals surface area contributed by atoms with Gasteiger partial charge in [-0.1, -0.05) is 12.1 Å². The van der Waals surface area contributed by atoms with Crippen molar-refractivity contribution in [2.45, 2.75) is 19.6 Å². The SMILES string of the molecule is COc1cc(S(=O)(=O)[O-])ccc1N=Nc1c(S(=O)(=O)[O-])cc2cc(NC(=O)Nc3ccc4c(O)c(N=Nc5ccc6cc(S(=O)(=O)[O-])ccc6c5)c(S(=O)(=O)[O-])cc4c3)ccc2c1O.[Na+].[Na+].[Na+].[Na+]. The number of aromatic hydroxyl groups is 2. The monoisotopic (exact) mass is 1040 g/mol. The molecular weight excluding hydrogens is 1020 g/mol. The van der Waals surface area contributed by atoms with E-state index in [4.69, 9.17) is 4.74 Å². The number of urea groups is 1. The molecule has 7 aromatic rings. The van der Waals surface area contributed by atoms with Gasteiger partial charge in [0.15, 0.2) is 11.5 Å². The van der Waals surface area contributed by atoms with Crippen molar-refractivity contribution in [3.05, 3.63) is 103 Å². The quantitative estimate of drug-likeness (QED) is 0.0534. The van der Waals surface area contributed by atoms with Gasteiger partial charge in [-0.15, -0.1) is 15.3 Å². The summed E-state index contributed by atoms with van der Waals surface area (Å²) in [5.41, 5.74) is -1.58. The van der Waals surface area contributed by atoms with E-state index in [1.54, 1.807) is 0 Å². The van der Waals surface area contributed by atoms with Gasteiger partial charge in [0.1, 0.15) is 63.3 Å². The van der Waals surface area contributed by atoms with Gasteiger partial charge in [-0.05, 0) is 113 Å². The van der Waals surface area contributed by atoms with Crippen LogP contribution in [-0.2, 0) is 40.5 Å². The van der Waals surface area contributed by atoms with Gasteiger partial charge in [-0.2, -0.15) is 5.11 Å². The molecule has 0 radical (unpaired) electrons. The van der Waals surface area contributed by atoms with E-state index >= 15 is 0 Å². The number of ether oxygens (including phenoxy) is 1. The summed E-state index contributed by atoms with van der Waals surface area (Å²) >= 11 is 0. The fourth-order valence-corrected chi connectivity index (χ4v) is 8.55. The van der Waals surface area contributed by atoms with E-state index in [0.717, 1.165) is 49.6 Å². The largest absolute Gasteiger partial charge is 1.00 e. The average molecular weight is 1040 g/mol. The molecule has 0 atom stereocenters. The Morgan fingerprint density at radius 3 is 1.41 bits per heavy atom. The van der Waals surface area contributed by atoms with Crippen LogP contribution in [0.3, 0.4) is 0 Å². The number of hydrogen-bond acceptors (Lipinski definition) is 20. The summed E-state index contributed by atoms with van der Waals surface area (Å²) in [6, 6.07) is 18.9. The van der Waals surface area contributed by atoms with E-state index in [-0.39, 0.29) is 168 Å². The molecule has 0 saturated carbocycles. The summed E-state index contributed by atoms with van der Waals surface area (Å²) in [6.45, 7) is 0. The molecule has 0 aromatic heterocycles. The number of methoxy groups -OCH3 is 1. The van der Waals surface area contributed by atoms with Crippen LogP contribution in [0.15, 0.2) is 143 Å². The van der Waals surface area contributed by atoms with Crippen molar-refractivity contribution in [1.29, 1.82) is 0 Å². The van der Waals surface area contributed by atoms with Gasteiger partial charge in [0.2, 0.25) is 0 Å². The molecule has 0 aliphatic heterocycles. The molecule has 22 nitrogen and oxygen atoms in total. The van der Waals surface area contributed by atoms with Crippen LogP contribution in [0.4, 0.5) is 38.9 Å². The van der Waals surface area contributed by atoms with Crippen molar-refractivity contribution in [3.8, 4) is 17.2 Å². The van der Waals surface area contributed by atoms with Gasteiger partial charge < -0.3 is 43.8 Å². The number of fused-ring (bicyclic) bond motifs is 3. The van der Waals surface area contributed by atoms with Crippen LogP contribution in [0.2, 0.25) is 0 Å². The van der Waals surface area contributed by atoms with Gasteiger partial charge in [0.05, 0.1) is 32.4 Å². The number of rotatable bonds is 11. The number of phenols is 2. The zero-order valence-corrected chi connectivity index (χ0v) is 47.1. The predicted octanol–water partition coefficient (Wildman–Crippen LogP) is -5.33. The third-order valence-electron chi connectivity index (χ3n) is 9.20. The maximum absolute atomic E-state index is 13.1. The molecule has 0 saturated heterocycles. The number of carbonyl (C=O) groups excluding carboxylic acids is 1. The van der Waals surface area contributed by atoms with Gasteiger partial charge in [-0.25, -0.2) is 38.5 Å². The van der Waals surface area contributed by atoms with E-state index in [9.17, 15) is 66.9 Å². The van der Waals surface area contributed by atoms with Crippen molar-refractivity contribution in [1.82, 2.24) is 0 Å². The van der Waals surface area contributed by atoms with E-state index in [1.807, 2.05) is 0 Å². The standard InChI is InChI=1S/C38H28N6O16S4.4Na/c1-60-31-18-27(62(51,52)53)8-11-30(31)42-44-35-33(64(57,58)59)17-22-14-24(6-10-29(22)37(35)46)40-38(47)39-23-5-9-28-21(13-23)16-32(63(54,55)56)34(36(28)45)43-41-25-4-2-20-15-26(61(48,49)50)7-3-19(20)12-25;;;;/h2-18,45-46H,1H3,(H2,39,40,47)(H,48,49,50)(H,51,52,53)(H,54,55,56)(H,57,58,59);;;;/q;4*+1/p-4. The number of amides is 2. The van der Waals surface area contributed by atoms with Crippen molar-refractivity contribution >= 4 is 113 Å². The van der Waals surface area contributed by atoms with Crippen LogP contribution in [0.5, 0.6) is 17.2 Å². The summed E-state index contributed by atoms with van der Waals surface area (Å²) < 4.78 is 147. The Morgan fingerprint density at radius 1 is 0.500 bits per heavy atom. The second-order valence-corrected chi connectivity index (χ2v) is 18.8. The normalized spacial score (nSPS) is 12.0. The first kappa shape index (κ1) is 59.1. The number of hydrogen-bond donors (Lipinski definition) is 4. The summed E-state index contributed by atoms with van der Waals surface area (Å²) in [4.78, 5) is 9.96. The van der Waals surface area contributed by atoms with Crippen molar-refractivity contribution in [3.63, 3.8) is 0 Å². The zero-order valence-electron chi connectivity index (χ0n) is 35.8. The van der Waals surface area contributed by atoms with Crippen LogP contribution in [0.25, 0.3) is 32.3 Å². The van der Waals surface area contributed by atoms with Gasteiger partial charge in [-0.3, -0.25) is 0 Å². The molecule has 330 valence electrons.